The highest BCUT2D eigenvalue weighted by Gasteiger charge is 2.38. The van der Waals surface area contributed by atoms with Gasteiger partial charge in [-0.1, -0.05) is 0 Å². The molecule has 1 heterocycles. The third kappa shape index (κ3) is 5.92. The summed E-state index contributed by atoms with van der Waals surface area (Å²) >= 11 is 0. The monoisotopic (exact) mass is 209 g/mol. The average Bonchev–Trinajstić information content (AvgIpc) is 2.04. The van der Waals surface area contributed by atoms with Crippen LogP contribution in [0.15, 0.2) is 17.3 Å². The first kappa shape index (κ1) is 12.3. The maximum absolute atomic E-state index is 10.6. The second-order valence-electron chi connectivity index (χ2n) is 2.12. The van der Waals surface area contributed by atoms with Crippen LogP contribution in [-0.2, 0) is 9.59 Å². The van der Waals surface area contributed by atoms with Gasteiger partial charge in [-0.3, -0.25) is 9.79 Å². The standard InChI is InChI=1S/C5H5NO.C2HF3O2/c7-5-1-3-6-4-2-5;3-2(4,5)1(6)7/h1,3-4H,2H2;(H,6,7). The summed E-state index contributed by atoms with van der Waals surface area (Å²) < 4.78 is 31.7. The quantitative estimate of drug-likeness (QED) is 0.651. The predicted octanol–water partition coefficient (Wildman–Crippen LogP) is 1.18. The third-order valence-electron chi connectivity index (χ3n) is 0.987. The fourth-order valence-electron chi connectivity index (χ4n) is 0.398. The van der Waals surface area contributed by atoms with Crippen LogP contribution in [0.5, 0.6) is 0 Å². The lowest BCUT2D eigenvalue weighted by Gasteiger charge is -1.93. The van der Waals surface area contributed by atoms with Gasteiger partial charge in [0, 0.05) is 18.8 Å². The Morgan fingerprint density at radius 2 is 2.00 bits per heavy atom. The molecular formula is C7H6F3NO3. The molecule has 0 amide bonds. The molecule has 0 atom stereocenters. The molecule has 0 aliphatic carbocycles. The highest BCUT2D eigenvalue weighted by atomic mass is 19.4. The Labute approximate surface area is 76.7 Å². The van der Waals surface area contributed by atoms with Gasteiger partial charge in [0.15, 0.2) is 5.78 Å². The molecular weight excluding hydrogens is 203 g/mol. The number of rotatable bonds is 0. The maximum atomic E-state index is 10.6. The van der Waals surface area contributed by atoms with Gasteiger partial charge in [-0.15, -0.1) is 0 Å². The Morgan fingerprint density at radius 3 is 2.14 bits per heavy atom. The first-order chi connectivity index (χ1) is 6.34. The van der Waals surface area contributed by atoms with Crippen LogP contribution in [0.25, 0.3) is 0 Å². The number of halogens is 3. The van der Waals surface area contributed by atoms with Crippen molar-refractivity contribution in [2.45, 2.75) is 12.6 Å². The van der Waals surface area contributed by atoms with Gasteiger partial charge in [0.1, 0.15) is 0 Å². The molecule has 1 aliphatic heterocycles. The molecule has 0 fully saturated rings. The van der Waals surface area contributed by atoms with E-state index in [1.165, 1.54) is 12.3 Å². The molecule has 0 radical (unpaired) electrons. The molecule has 4 nitrogen and oxygen atoms in total. The van der Waals surface area contributed by atoms with Crippen molar-refractivity contribution in [2.75, 3.05) is 0 Å². The number of carbonyl (C=O) groups is 2. The highest BCUT2D eigenvalue weighted by Crippen LogP contribution is 2.13. The molecule has 0 unspecified atom stereocenters. The minimum absolute atomic E-state index is 0.134. The Bertz CT molecular complexity index is 280. The molecule has 0 spiro atoms. The van der Waals surface area contributed by atoms with Gasteiger partial charge >= 0.3 is 12.1 Å². The SMILES string of the molecule is O=C(O)C(F)(F)F.O=C1C=CN=CC1. The van der Waals surface area contributed by atoms with Crippen LogP contribution in [0.4, 0.5) is 13.2 Å². The van der Waals surface area contributed by atoms with Gasteiger partial charge in [0.25, 0.3) is 0 Å². The summed E-state index contributed by atoms with van der Waals surface area (Å²) in [5.74, 6) is -2.62. The van der Waals surface area contributed by atoms with E-state index in [1.807, 2.05) is 0 Å². The second kappa shape index (κ2) is 5.15. The number of hydrogen-bond donors (Lipinski definition) is 1. The van der Waals surface area contributed by atoms with E-state index in [4.69, 9.17) is 9.90 Å². The van der Waals surface area contributed by atoms with Crippen LogP contribution in [0, 0.1) is 0 Å². The van der Waals surface area contributed by atoms with Crippen molar-refractivity contribution in [3.63, 3.8) is 0 Å². The smallest absolute Gasteiger partial charge is 0.475 e. The van der Waals surface area contributed by atoms with Crippen LogP contribution in [0.2, 0.25) is 0 Å². The molecule has 0 bridgehead atoms. The summed E-state index contributed by atoms with van der Waals surface area (Å²) in [6, 6.07) is 0. The number of alkyl halides is 3. The first-order valence-corrected chi connectivity index (χ1v) is 3.35. The minimum atomic E-state index is -5.08. The molecule has 1 aliphatic rings. The molecule has 0 saturated heterocycles. The van der Waals surface area contributed by atoms with E-state index in [9.17, 15) is 18.0 Å². The lowest BCUT2D eigenvalue weighted by Crippen LogP contribution is -2.21. The molecule has 0 saturated carbocycles. The molecule has 14 heavy (non-hydrogen) atoms. The zero-order valence-corrected chi connectivity index (χ0v) is 6.78. The lowest BCUT2D eigenvalue weighted by atomic mass is 10.3. The maximum Gasteiger partial charge on any atom is 0.490 e. The van der Waals surface area contributed by atoms with Crippen molar-refractivity contribution in [3.8, 4) is 0 Å². The summed E-state index contributed by atoms with van der Waals surface area (Å²) in [7, 11) is 0. The van der Waals surface area contributed by atoms with E-state index < -0.39 is 12.1 Å². The van der Waals surface area contributed by atoms with Gasteiger partial charge in [-0.05, 0) is 6.08 Å². The van der Waals surface area contributed by atoms with Gasteiger partial charge in [-0.25, -0.2) is 4.79 Å². The Morgan fingerprint density at radius 1 is 1.50 bits per heavy atom. The largest absolute Gasteiger partial charge is 0.490 e. The van der Waals surface area contributed by atoms with Crippen molar-refractivity contribution >= 4 is 18.0 Å². The number of aliphatic carboxylic acids is 1. The Balaban J connectivity index is 0.000000241. The molecule has 7 heteroatoms. The molecule has 78 valence electrons. The van der Waals surface area contributed by atoms with Crippen LogP contribution in [0.1, 0.15) is 6.42 Å². The highest BCUT2D eigenvalue weighted by molar-refractivity contribution is 6.00. The van der Waals surface area contributed by atoms with Crippen LogP contribution in [0.3, 0.4) is 0 Å². The van der Waals surface area contributed by atoms with E-state index in [2.05, 4.69) is 4.99 Å². The van der Waals surface area contributed by atoms with Crippen LogP contribution < -0.4 is 0 Å². The topological polar surface area (TPSA) is 66.7 Å². The number of carboxylic acid groups (broad SMARTS) is 1. The molecule has 0 aromatic rings. The minimum Gasteiger partial charge on any atom is -0.475 e. The second-order valence-corrected chi connectivity index (χ2v) is 2.12. The summed E-state index contributed by atoms with van der Waals surface area (Å²) in [6.07, 6.45) is -0.0370. The summed E-state index contributed by atoms with van der Waals surface area (Å²) in [5, 5.41) is 7.12. The third-order valence-corrected chi connectivity index (χ3v) is 0.987. The van der Waals surface area contributed by atoms with Crippen LogP contribution >= 0.6 is 0 Å². The fourth-order valence-corrected chi connectivity index (χ4v) is 0.398. The van der Waals surface area contributed by atoms with Gasteiger partial charge < -0.3 is 5.11 Å². The van der Waals surface area contributed by atoms with Crippen molar-refractivity contribution in [1.29, 1.82) is 0 Å². The number of allylic oxidation sites excluding steroid dienone is 1. The molecule has 0 aromatic heterocycles. The fraction of sp³-hybridized carbons (Fsp3) is 0.286. The van der Waals surface area contributed by atoms with Crippen molar-refractivity contribution in [2.24, 2.45) is 4.99 Å². The van der Waals surface area contributed by atoms with E-state index >= 15 is 0 Å². The van der Waals surface area contributed by atoms with E-state index in [1.54, 1.807) is 6.21 Å². The van der Waals surface area contributed by atoms with E-state index in [0.717, 1.165) is 0 Å². The van der Waals surface area contributed by atoms with E-state index in [0.29, 0.717) is 6.42 Å². The summed E-state index contributed by atoms with van der Waals surface area (Å²) in [5.41, 5.74) is 0. The summed E-state index contributed by atoms with van der Waals surface area (Å²) in [6.45, 7) is 0. The predicted molar refractivity (Wildman–Crippen MR) is 40.9 cm³/mol. The summed E-state index contributed by atoms with van der Waals surface area (Å²) in [4.78, 5) is 22.9. The lowest BCUT2D eigenvalue weighted by molar-refractivity contribution is -0.192. The zero-order chi connectivity index (χ0) is 11.2. The van der Waals surface area contributed by atoms with Crippen molar-refractivity contribution < 1.29 is 27.9 Å². The number of nitrogens with zero attached hydrogens (tertiary/aromatic N) is 1. The van der Waals surface area contributed by atoms with Gasteiger partial charge in [0.05, 0.1) is 0 Å². The number of ketones is 1. The van der Waals surface area contributed by atoms with Crippen LogP contribution in [-0.4, -0.2) is 29.2 Å². The van der Waals surface area contributed by atoms with Crippen molar-refractivity contribution in [1.82, 2.24) is 0 Å². The van der Waals surface area contributed by atoms with Gasteiger partial charge in [-0.2, -0.15) is 13.2 Å². The first-order valence-electron chi connectivity index (χ1n) is 3.35. The zero-order valence-electron chi connectivity index (χ0n) is 6.78. The Kier molecular flexibility index (Phi) is 4.54. The Hall–Kier alpha value is -1.66. The molecule has 1 N–H and O–H groups in total. The van der Waals surface area contributed by atoms with Gasteiger partial charge in [0.2, 0.25) is 0 Å². The number of carboxylic acids is 1. The molecule has 1 rings (SSSR count). The normalized spacial score (nSPS) is 14.6. The molecule has 0 aromatic carbocycles. The average molecular weight is 209 g/mol. The van der Waals surface area contributed by atoms with E-state index in [-0.39, 0.29) is 5.78 Å². The van der Waals surface area contributed by atoms with Crippen molar-refractivity contribution in [3.05, 3.63) is 12.3 Å². The number of hydrogen-bond acceptors (Lipinski definition) is 3. The number of aliphatic imine (C=N–C) groups is 1. The number of carbonyl (C=O) groups excluding carboxylic acids is 1.